The van der Waals surface area contributed by atoms with Crippen molar-refractivity contribution in [3.8, 4) is 0 Å². The number of alkyl halides is 3. The van der Waals surface area contributed by atoms with E-state index in [-0.39, 0.29) is 23.5 Å². The van der Waals surface area contributed by atoms with Gasteiger partial charge < -0.3 is 9.64 Å². The van der Waals surface area contributed by atoms with Gasteiger partial charge in [-0.25, -0.2) is 0 Å². The highest BCUT2D eigenvalue weighted by Gasteiger charge is 2.34. The lowest BCUT2D eigenvalue weighted by molar-refractivity contribution is -0.147. The fourth-order valence-electron chi connectivity index (χ4n) is 3.09. The summed E-state index contributed by atoms with van der Waals surface area (Å²) in [5.41, 5.74) is -0.856. The Hall–Kier alpha value is -2.05. The van der Waals surface area contributed by atoms with Crippen LogP contribution in [-0.4, -0.2) is 37.0 Å². The summed E-state index contributed by atoms with van der Waals surface area (Å²) >= 11 is 0. The predicted octanol–water partition coefficient (Wildman–Crippen LogP) is 3.51. The summed E-state index contributed by atoms with van der Waals surface area (Å²) in [7, 11) is 2.89. The van der Waals surface area contributed by atoms with Crippen LogP contribution in [0.4, 0.5) is 13.2 Å². The van der Waals surface area contributed by atoms with Crippen LogP contribution in [-0.2, 0) is 15.7 Å². The van der Waals surface area contributed by atoms with E-state index in [1.54, 1.807) is 7.05 Å². The molecule has 4 nitrogen and oxygen atoms in total. The molecule has 0 radical (unpaired) electrons. The molecule has 2 atom stereocenters. The van der Waals surface area contributed by atoms with Crippen LogP contribution in [0.3, 0.4) is 0 Å². The molecule has 0 N–H and O–H groups in total. The molecule has 0 saturated heterocycles. The van der Waals surface area contributed by atoms with Crippen molar-refractivity contribution in [2.45, 2.75) is 37.9 Å². The summed E-state index contributed by atoms with van der Waals surface area (Å²) in [5.74, 6) is -1.05. The molecule has 0 aliphatic heterocycles. The third kappa shape index (κ3) is 4.07. The lowest BCUT2D eigenvalue weighted by Gasteiger charge is -2.34. The molecule has 132 valence electrons. The number of benzene rings is 1. The number of nitrogens with zero attached hydrogens (tertiary/aromatic N) is 1. The first-order valence-corrected chi connectivity index (χ1v) is 7.76. The SMILES string of the molecule is COC(=O)[C@@H]1CCC[C@H](N(C)C(=O)c2cccc(C(F)(F)F)c2)C1. The number of hydrogen-bond donors (Lipinski definition) is 0. The van der Waals surface area contributed by atoms with Gasteiger partial charge in [0.05, 0.1) is 18.6 Å². The highest BCUT2D eigenvalue weighted by molar-refractivity contribution is 5.94. The monoisotopic (exact) mass is 343 g/mol. The van der Waals surface area contributed by atoms with Gasteiger partial charge in [-0.1, -0.05) is 12.5 Å². The summed E-state index contributed by atoms with van der Waals surface area (Å²) in [6.45, 7) is 0. The zero-order chi connectivity index (χ0) is 17.9. The molecule has 1 aromatic carbocycles. The van der Waals surface area contributed by atoms with E-state index in [1.165, 1.54) is 24.1 Å². The maximum atomic E-state index is 12.8. The minimum absolute atomic E-state index is 0.00693. The van der Waals surface area contributed by atoms with E-state index in [9.17, 15) is 22.8 Å². The van der Waals surface area contributed by atoms with Gasteiger partial charge in [0.25, 0.3) is 5.91 Å². The highest BCUT2D eigenvalue weighted by Crippen LogP contribution is 2.31. The second-order valence-electron chi connectivity index (χ2n) is 6.04. The van der Waals surface area contributed by atoms with E-state index in [0.717, 1.165) is 18.6 Å². The van der Waals surface area contributed by atoms with Crippen LogP contribution < -0.4 is 0 Å². The maximum absolute atomic E-state index is 12.8. The Morgan fingerprint density at radius 2 is 1.96 bits per heavy atom. The smallest absolute Gasteiger partial charge is 0.416 e. The molecule has 1 saturated carbocycles. The summed E-state index contributed by atoms with van der Waals surface area (Å²) in [5, 5.41) is 0. The second kappa shape index (κ2) is 7.23. The molecule has 7 heteroatoms. The lowest BCUT2D eigenvalue weighted by atomic mass is 9.85. The zero-order valence-corrected chi connectivity index (χ0v) is 13.6. The standard InChI is InChI=1S/C17H20F3NO3/c1-21(14-8-4-6-12(10-14)16(23)24-2)15(22)11-5-3-7-13(9-11)17(18,19)20/h3,5,7,9,12,14H,4,6,8,10H2,1-2H3/t12-,14+/m1/s1. The molecule has 1 fully saturated rings. The Morgan fingerprint density at radius 1 is 1.25 bits per heavy atom. The number of carbonyl (C=O) groups is 2. The van der Waals surface area contributed by atoms with Crippen LogP contribution in [0.5, 0.6) is 0 Å². The minimum Gasteiger partial charge on any atom is -0.469 e. The van der Waals surface area contributed by atoms with Crippen LogP contribution in [0.25, 0.3) is 0 Å². The van der Waals surface area contributed by atoms with Crippen molar-refractivity contribution in [2.75, 3.05) is 14.2 Å². The molecule has 2 rings (SSSR count). The fraction of sp³-hybridized carbons (Fsp3) is 0.529. The van der Waals surface area contributed by atoms with E-state index in [1.807, 2.05) is 0 Å². The molecule has 1 aliphatic carbocycles. The van der Waals surface area contributed by atoms with E-state index in [0.29, 0.717) is 19.3 Å². The van der Waals surface area contributed by atoms with Crippen LogP contribution >= 0.6 is 0 Å². The number of methoxy groups -OCH3 is 1. The first-order valence-electron chi connectivity index (χ1n) is 7.76. The third-order valence-corrected chi connectivity index (χ3v) is 4.49. The molecular formula is C17H20F3NO3. The summed E-state index contributed by atoms with van der Waals surface area (Å²) in [6.07, 6.45) is -1.84. The number of hydrogen-bond acceptors (Lipinski definition) is 3. The summed E-state index contributed by atoms with van der Waals surface area (Å²) < 4.78 is 43.1. The van der Waals surface area contributed by atoms with Crippen molar-refractivity contribution in [3.63, 3.8) is 0 Å². The number of carbonyl (C=O) groups excluding carboxylic acids is 2. The van der Waals surface area contributed by atoms with Crippen LogP contribution in [0, 0.1) is 5.92 Å². The average Bonchev–Trinajstić information content (AvgIpc) is 2.59. The largest absolute Gasteiger partial charge is 0.469 e. The molecule has 0 aromatic heterocycles. The molecule has 0 heterocycles. The quantitative estimate of drug-likeness (QED) is 0.789. The van der Waals surface area contributed by atoms with Crippen molar-refractivity contribution in [1.29, 1.82) is 0 Å². The van der Waals surface area contributed by atoms with E-state index < -0.39 is 17.6 Å². The van der Waals surface area contributed by atoms with Gasteiger partial charge in [-0.3, -0.25) is 9.59 Å². The van der Waals surface area contributed by atoms with E-state index >= 15 is 0 Å². The van der Waals surface area contributed by atoms with Crippen LogP contribution in [0.15, 0.2) is 24.3 Å². The van der Waals surface area contributed by atoms with Gasteiger partial charge in [0.1, 0.15) is 0 Å². The Bertz CT molecular complexity index is 615. The number of esters is 1. The Morgan fingerprint density at radius 3 is 2.58 bits per heavy atom. The van der Waals surface area contributed by atoms with E-state index in [2.05, 4.69) is 0 Å². The van der Waals surface area contributed by atoms with Crippen LogP contribution in [0.2, 0.25) is 0 Å². The van der Waals surface area contributed by atoms with Gasteiger partial charge in [0, 0.05) is 18.7 Å². The molecule has 0 bridgehead atoms. The molecule has 1 amide bonds. The topological polar surface area (TPSA) is 46.6 Å². The van der Waals surface area contributed by atoms with Crippen molar-refractivity contribution in [3.05, 3.63) is 35.4 Å². The number of amides is 1. The minimum atomic E-state index is -4.49. The highest BCUT2D eigenvalue weighted by atomic mass is 19.4. The molecule has 24 heavy (non-hydrogen) atoms. The second-order valence-corrected chi connectivity index (χ2v) is 6.04. The van der Waals surface area contributed by atoms with Crippen molar-refractivity contribution >= 4 is 11.9 Å². The lowest BCUT2D eigenvalue weighted by Crippen LogP contribution is -2.41. The molecule has 1 aliphatic rings. The summed E-state index contributed by atoms with van der Waals surface area (Å²) in [6, 6.07) is 4.20. The Kier molecular flexibility index (Phi) is 5.51. The number of ether oxygens (including phenoxy) is 1. The van der Waals surface area contributed by atoms with Gasteiger partial charge in [0.15, 0.2) is 0 Å². The van der Waals surface area contributed by atoms with Gasteiger partial charge >= 0.3 is 12.1 Å². The third-order valence-electron chi connectivity index (χ3n) is 4.49. The summed E-state index contributed by atoms with van der Waals surface area (Å²) in [4.78, 5) is 25.6. The van der Waals surface area contributed by atoms with E-state index in [4.69, 9.17) is 4.74 Å². The van der Waals surface area contributed by atoms with Gasteiger partial charge in [-0.15, -0.1) is 0 Å². The van der Waals surface area contributed by atoms with Crippen molar-refractivity contribution in [1.82, 2.24) is 4.90 Å². The average molecular weight is 343 g/mol. The van der Waals surface area contributed by atoms with Crippen LogP contribution in [0.1, 0.15) is 41.6 Å². The normalized spacial score (nSPS) is 21.2. The van der Waals surface area contributed by atoms with Crippen molar-refractivity contribution < 1.29 is 27.5 Å². The molecule has 0 unspecified atom stereocenters. The van der Waals surface area contributed by atoms with Crippen molar-refractivity contribution in [2.24, 2.45) is 5.92 Å². The first-order chi connectivity index (χ1) is 11.2. The Labute approximate surface area is 138 Å². The molecular weight excluding hydrogens is 323 g/mol. The molecule has 0 spiro atoms. The number of rotatable bonds is 3. The maximum Gasteiger partial charge on any atom is 0.416 e. The fourth-order valence-corrected chi connectivity index (χ4v) is 3.09. The first kappa shape index (κ1) is 18.3. The Balaban J connectivity index is 2.13. The number of halogens is 3. The zero-order valence-electron chi connectivity index (χ0n) is 13.6. The molecule has 1 aromatic rings. The predicted molar refractivity (Wildman–Crippen MR) is 81.3 cm³/mol. The van der Waals surface area contributed by atoms with Gasteiger partial charge in [-0.2, -0.15) is 13.2 Å². The van der Waals surface area contributed by atoms with Gasteiger partial charge in [0.2, 0.25) is 0 Å². The van der Waals surface area contributed by atoms with Gasteiger partial charge in [-0.05, 0) is 37.5 Å².